The van der Waals surface area contributed by atoms with Crippen LogP contribution < -0.4 is 5.32 Å². The number of nitrogens with zero attached hydrogens (tertiary/aromatic N) is 2. The summed E-state index contributed by atoms with van der Waals surface area (Å²) in [4.78, 5) is 10.2. The highest BCUT2D eigenvalue weighted by molar-refractivity contribution is 7.16. The van der Waals surface area contributed by atoms with Crippen LogP contribution in [-0.2, 0) is 0 Å². The monoisotopic (exact) mass is 335 g/mol. The van der Waals surface area contributed by atoms with E-state index in [2.05, 4.69) is 20.7 Å². The number of halogens is 1. The third kappa shape index (κ3) is 3.10. The molecule has 2 heterocycles. The van der Waals surface area contributed by atoms with E-state index in [4.69, 9.17) is 11.6 Å². The Bertz CT molecular complexity index is 792. The molecule has 108 valence electrons. The first-order valence-electron chi connectivity index (χ1n) is 6.46. The molecule has 0 amide bonds. The van der Waals surface area contributed by atoms with Gasteiger partial charge in [0.15, 0.2) is 5.13 Å². The van der Waals surface area contributed by atoms with Crippen LogP contribution >= 0.6 is 34.3 Å². The van der Waals surface area contributed by atoms with Crippen molar-refractivity contribution in [2.45, 2.75) is 20.8 Å². The van der Waals surface area contributed by atoms with E-state index in [0.29, 0.717) is 0 Å². The van der Waals surface area contributed by atoms with Crippen LogP contribution in [0.5, 0.6) is 0 Å². The van der Waals surface area contributed by atoms with Crippen molar-refractivity contribution >= 4 is 45.1 Å². The Labute approximate surface area is 136 Å². The minimum absolute atomic E-state index is 0.755. The topological polar surface area (TPSA) is 37.8 Å². The van der Waals surface area contributed by atoms with Gasteiger partial charge in [0.25, 0.3) is 0 Å². The summed E-state index contributed by atoms with van der Waals surface area (Å²) in [5, 5.41) is 8.03. The molecule has 0 unspecified atom stereocenters. The molecule has 0 saturated carbocycles. The smallest absolute Gasteiger partial charge is 0.187 e. The van der Waals surface area contributed by atoms with E-state index in [9.17, 15) is 0 Å². The average molecular weight is 336 g/mol. The van der Waals surface area contributed by atoms with Gasteiger partial charge in [0, 0.05) is 16.1 Å². The van der Waals surface area contributed by atoms with Crippen LogP contribution in [0.15, 0.2) is 23.6 Å². The van der Waals surface area contributed by atoms with Crippen molar-refractivity contribution in [1.82, 2.24) is 9.97 Å². The van der Waals surface area contributed by atoms with Crippen molar-refractivity contribution in [3.63, 3.8) is 0 Å². The summed E-state index contributed by atoms with van der Waals surface area (Å²) in [6, 6.07) is 5.92. The normalized spacial score (nSPS) is 10.9. The van der Waals surface area contributed by atoms with Crippen LogP contribution in [0.3, 0.4) is 0 Å². The number of anilines is 2. The molecule has 2 aromatic heterocycles. The molecular formula is C15H14ClN3S2. The zero-order valence-electron chi connectivity index (χ0n) is 11.9. The molecular weight excluding hydrogens is 322 g/mol. The number of nitrogens with one attached hydrogen (secondary N) is 1. The zero-order valence-corrected chi connectivity index (χ0v) is 14.3. The molecule has 0 aliphatic heterocycles. The highest BCUT2D eigenvalue weighted by Crippen LogP contribution is 2.33. The Morgan fingerprint density at radius 3 is 2.62 bits per heavy atom. The minimum atomic E-state index is 0.755. The molecule has 0 saturated heterocycles. The Balaban J connectivity index is 1.85. The fraction of sp³-hybridized carbons (Fsp3) is 0.200. The van der Waals surface area contributed by atoms with Crippen molar-refractivity contribution in [2.24, 2.45) is 0 Å². The molecule has 0 aliphatic carbocycles. The van der Waals surface area contributed by atoms with E-state index in [-0.39, 0.29) is 0 Å². The SMILES string of the molecule is Cc1nc(C)c(-c2csc(Nc3ccc(C)c(Cl)c3)n2)s1. The average Bonchev–Trinajstić information content (AvgIpc) is 3.00. The second kappa shape index (κ2) is 5.75. The predicted octanol–water partition coefficient (Wildman–Crippen LogP) is 5.59. The molecule has 3 rings (SSSR count). The summed E-state index contributed by atoms with van der Waals surface area (Å²) in [6.45, 7) is 6.02. The van der Waals surface area contributed by atoms with Crippen LogP contribution in [-0.4, -0.2) is 9.97 Å². The largest absolute Gasteiger partial charge is 0.331 e. The number of aryl methyl sites for hydroxylation is 3. The molecule has 0 aliphatic rings. The number of benzene rings is 1. The van der Waals surface area contributed by atoms with Gasteiger partial charge in [-0.3, -0.25) is 0 Å². The van der Waals surface area contributed by atoms with Crippen molar-refractivity contribution in [3.8, 4) is 10.6 Å². The van der Waals surface area contributed by atoms with E-state index >= 15 is 0 Å². The van der Waals surface area contributed by atoms with Gasteiger partial charge < -0.3 is 5.32 Å². The molecule has 0 bridgehead atoms. The van der Waals surface area contributed by atoms with E-state index in [1.54, 1.807) is 22.7 Å². The predicted molar refractivity (Wildman–Crippen MR) is 92.2 cm³/mol. The summed E-state index contributed by atoms with van der Waals surface area (Å²) in [5.74, 6) is 0. The van der Waals surface area contributed by atoms with E-state index in [1.807, 2.05) is 39.0 Å². The molecule has 21 heavy (non-hydrogen) atoms. The summed E-state index contributed by atoms with van der Waals surface area (Å²) < 4.78 is 0. The van der Waals surface area contributed by atoms with Gasteiger partial charge in [0.05, 0.1) is 21.3 Å². The van der Waals surface area contributed by atoms with Crippen molar-refractivity contribution < 1.29 is 0 Å². The molecule has 3 nitrogen and oxygen atoms in total. The fourth-order valence-corrected chi connectivity index (χ4v) is 3.86. The Morgan fingerprint density at radius 1 is 1.14 bits per heavy atom. The van der Waals surface area contributed by atoms with Gasteiger partial charge in [-0.2, -0.15) is 0 Å². The van der Waals surface area contributed by atoms with Crippen LogP contribution in [0.1, 0.15) is 16.3 Å². The van der Waals surface area contributed by atoms with E-state index < -0.39 is 0 Å². The summed E-state index contributed by atoms with van der Waals surface area (Å²) >= 11 is 9.40. The highest BCUT2D eigenvalue weighted by atomic mass is 35.5. The molecule has 0 fully saturated rings. The van der Waals surface area contributed by atoms with Gasteiger partial charge in [-0.1, -0.05) is 17.7 Å². The summed E-state index contributed by atoms with van der Waals surface area (Å²) in [6.07, 6.45) is 0. The lowest BCUT2D eigenvalue weighted by atomic mass is 10.2. The van der Waals surface area contributed by atoms with E-state index in [0.717, 1.165) is 42.7 Å². The standard InChI is InChI=1S/C15H14ClN3S2/c1-8-4-5-11(6-12(8)16)18-15-19-13(7-20-15)14-9(2)17-10(3)21-14/h4-7H,1-3H3,(H,18,19). The molecule has 1 N–H and O–H groups in total. The van der Waals surface area contributed by atoms with Gasteiger partial charge >= 0.3 is 0 Å². The molecule has 0 radical (unpaired) electrons. The number of rotatable bonds is 3. The molecule has 6 heteroatoms. The number of aromatic nitrogens is 2. The maximum absolute atomic E-state index is 6.14. The van der Waals surface area contributed by atoms with Crippen molar-refractivity contribution in [1.29, 1.82) is 0 Å². The van der Waals surface area contributed by atoms with Gasteiger partial charge in [0.2, 0.25) is 0 Å². The van der Waals surface area contributed by atoms with Crippen LogP contribution in [0.25, 0.3) is 10.6 Å². The zero-order chi connectivity index (χ0) is 15.0. The first-order chi connectivity index (χ1) is 10.0. The van der Waals surface area contributed by atoms with Crippen molar-refractivity contribution in [3.05, 3.63) is 44.9 Å². The van der Waals surface area contributed by atoms with Gasteiger partial charge in [-0.15, -0.1) is 22.7 Å². The molecule has 0 spiro atoms. The van der Waals surface area contributed by atoms with E-state index in [1.165, 1.54) is 0 Å². The first kappa shape index (κ1) is 14.5. The number of hydrogen-bond acceptors (Lipinski definition) is 5. The first-order valence-corrected chi connectivity index (χ1v) is 8.53. The van der Waals surface area contributed by atoms with Crippen molar-refractivity contribution in [2.75, 3.05) is 5.32 Å². The Kier molecular flexibility index (Phi) is 3.97. The van der Waals surface area contributed by atoms with Gasteiger partial charge in [0.1, 0.15) is 0 Å². The lowest BCUT2D eigenvalue weighted by Crippen LogP contribution is -1.90. The number of hydrogen-bond donors (Lipinski definition) is 1. The fourth-order valence-electron chi connectivity index (χ4n) is 2.00. The van der Waals surface area contributed by atoms with Crippen LogP contribution in [0.4, 0.5) is 10.8 Å². The highest BCUT2D eigenvalue weighted by Gasteiger charge is 2.11. The maximum Gasteiger partial charge on any atom is 0.187 e. The molecule has 0 atom stereocenters. The summed E-state index contributed by atoms with van der Waals surface area (Å²) in [7, 11) is 0. The van der Waals surface area contributed by atoms with Gasteiger partial charge in [-0.05, 0) is 38.5 Å². The minimum Gasteiger partial charge on any atom is -0.331 e. The summed E-state index contributed by atoms with van der Waals surface area (Å²) in [5.41, 5.74) is 4.03. The molecule has 1 aromatic carbocycles. The van der Waals surface area contributed by atoms with Gasteiger partial charge in [-0.25, -0.2) is 9.97 Å². The Morgan fingerprint density at radius 2 is 1.95 bits per heavy atom. The third-order valence-corrected chi connectivity index (χ3v) is 5.32. The Hall–Kier alpha value is -1.43. The quantitative estimate of drug-likeness (QED) is 0.678. The third-order valence-electron chi connectivity index (χ3n) is 3.06. The van der Waals surface area contributed by atoms with Crippen LogP contribution in [0.2, 0.25) is 5.02 Å². The lowest BCUT2D eigenvalue weighted by Gasteiger charge is -2.04. The lowest BCUT2D eigenvalue weighted by molar-refractivity contribution is 1.20. The maximum atomic E-state index is 6.14. The molecule has 3 aromatic rings. The number of thiazole rings is 2. The second-order valence-electron chi connectivity index (χ2n) is 4.77. The van der Waals surface area contributed by atoms with Crippen LogP contribution in [0, 0.1) is 20.8 Å². The second-order valence-corrected chi connectivity index (χ2v) is 7.24.